The quantitative estimate of drug-likeness (QED) is 0.840. The highest BCUT2D eigenvalue weighted by molar-refractivity contribution is 5.84. The van der Waals surface area contributed by atoms with Gasteiger partial charge in [0.2, 0.25) is 5.92 Å². The maximum Gasteiger partial charge on any atom is 0.356 e. The molecule has 2 rings (SSSR count). The lowest BCUT2D eigenvalue weighted by molar-refractivity contribution is -0.106. The molecule has 0 aromatic carbocycles. The van der Waals surface area contributed by atoms with Crippen LogP contribution in [-0.2, 0) is 0 Å². The van der Waals surface area contributed by atoms with Gasteiger partial charge in [-0.3, -0.25) is 0 Å². The first-order valence-corrected chi connectivity index (χ1v) is 5.13. The van der Waals surface area contributed by atoms with Crippen molar-refractivity contribution in [1.82, 2.24) is 9.97 Å². The number of anilines is 1. The first-order chi connectivity index (χ1) is 7.96. The maximum atomic E-state index is 12.5. The largest absolute Gasteiger partial charge is 0.476 e. The normalized spacial score (nSPS) is 18.5. The maximum absolute atomic E-state index is 12.5. The Hall–Kier alpha value is -1.79. The molecule has 1 saturated carbocycles. The first kappa shape index (κ1) is 11.7. The van der Waals surface area contributed by atoms with E-state index in [1.165, 1.54) is 6.20 Å². The fourth-order valence-electron chi connectivity index (χ4n) is 1.71. The average molecular weight is 243 g/mol. The van der Waals surface area contributed by atoms with Crippen molar-refractivity contribution in [3.8, 4) is 0 Å². The Morgan fingerprint density at radius 3 is 2.65 bits per heavy atom. The third-order valence-electron chi connectivity index (χ3n) is 2.62. The number of carbonyl (C=O) groups is 1. The van der Waals surface area contributed by atoms with Crippen molar-refractivity contribution in [3.63, 3.8) is 0 Å². The molecule has 5 nitrogen and oxygen atoms in total. The van der Waals surface area contributed by atoms with Gasteiger partial charge in [0.05, 0.1) is 12.4 Å². The van der Waals surface area contributed by atoms with Crippen LogP contribution < -0.4 is 5.32 Å². The van der Waals surface area contributed by atoms with Crippen molar-refractivity contribution in [3.05, 3.63) is 18.1 Å². The second-order valence-corrected chi connectivity index (χ2v) is 4.10. The predicted octanol–water partition coefficient (Wildman–Crippen LogP) is 1.63. The number of hydrogen-bond acceptors (Lipinski definition) is 4. The Balaban J connectivity index is 1.82. The van der Waals surface area contributed by atoms with Crippen LogP contribution in [-0.4, -0.2) is 33.5 Å². The molecule has 0 aliphatic heterocycles. The molecular formula is C10H11F2N3O2. The molecule has 1 fully saturated rings. The molecule has 0 saturated heterocycles. The molecule has 0 atom stereocenters. The summed E-state index contributed by atoms with van der Waals surface area (Å²) in [6, 6.07) is 0. The number of alkyl halides is 2. The lowest BCUT2D eigenvalue weighted by atomic mass is 9.81. The highest BCUT2D eigenvalue weighted by atomic mass is 19.3. The number of nitrogens with zero attached hydrogens (tertiary/aromatic N) is 2. The second kappa shape index (κ2) is 4.23. The lowest BCUT2D eigenvalue weighted by Crippen LogP contribution is -2.39. The monoisotopic (exact) mass is 243 g/mol. The van der Waals surface area contributed by atoms with Gasteiger partial charge in [-0.05, 0) is 5.92 Å². The number of carboxylic acid groups (broad SMARTS) is 1. The highest BCUT2D eigenvalue weighted by Crippen LogP contribution is 2.42. The molecule has 0 amide bonds. The minimum atomic E-state index is -2.52. The zero-order valence-corrected chi connectivity index (χ0v) is 8.86. The molecule has 0 bridgehead atoms. The van der Waals surface area contributed by atoms with Crippen molar-refractivity contribution in [2.75, 3.05) is 11.9 Å². The van der Waals surface area contributed by atoms with Crippen molar-refractivity contribution < 1.29 is 18.7 Å². The summed E-state index contributed by atoms with van der Waals surface area (Å²) < 4.78 is 25.1. The Morgan fingerprint density at radius 1 is 1.47 bits per heavy atom. The van der Waals surface area contributed by atoms with E-state index in [-0.39, 0.29) is 24.5 Å². The highest BCUT2D eigenvalue weighted by Gasteiger charge is 2.44. The summed E-state index contributed by atoms with van der Waals surface area (Å²) in [5.41, 5.74) is -0.147. The zero-order valence-electron chi connectivity index (χ0n) is 8.86. The minimum Gasteiger partial charge on any atom is -0.476 e. The summed E-state index contributed by atoms with van der Waals surface area (Å²) in [4.78, 5) is 18.0. The van der Waals surface area contributed by atoms with Gasteiger partial charge in [0.1, 0.15) is 5.82 Å². The lowest BCUT2D eigenvalue weighted by Gasteiger charge is -2.34. The molecule has 2 N–H and O–H groups in total. The number of nitrogens with one attached hydrogen (secondary N) is 1. The Kier molecular flexibility index (Phi) is 2.91. The van der Waals surface area contributed by atoms with Crippen LogP contribution in [0.5, 0.6) is 0 Å². The van der Waals surface area contributed by atoms with Crippen molar-refractivity contribution >= 4 is 11.8 Å². The van der Waals surface area contributed by atoms with Crippen LogP contribution >= 0.6 is 0 Å². The molecule has 0 unspecified atom stereocenters. The number of halogens is 2. The first-order valence-electron chi connectivity index (χ1n) is 5.13. The molecule has 1 aliphatic carbocycles. The van der Waals surface area contributed by atoms with E-state index in [0.717, 1.165) is 6.20 Å². The van der Waals surface area contributed by atoms with E-state index in [0.29, 0.717) is 12.4 Å². The van der Waals surface area contributed by atoms with Gasteiger partial charge in [-0.15, -0.1) is 0 Å². The third-order valence-corrected chi connectivity index (χ3v) is 2.62. The smallest absolute Gasteiger partial charge is 0.356 e. The van der Waals surface area contributed by atoms with E-state index in [4.69, 9.17) is 5.11 Å². The molecule has 92 valence electrons. The molecule has 7 heteroatoms. The summed E-state index contributed by atoms with van der Waals surface area (Å²) in [6.45, 7) is 0.399. The van der Waals surface area contributed by atoms with E-state index in [2.05, 4.69) is 15.3 Å². The van der Waals surface area contributed by atoms with Crippen molar-refractivity contribution in [2.24, 2.45) is 5.92 Å². The van der Waals surface area contributed by atoms with Crippen LogP contribution in [0.15, 0.2) is 12.4 Å². The SMILES string of the molecule is O=C(O)c1cnc(NCC2CC(F)(F)C2)cn1. The molecule has 1 aliphatic rings. The van der Waals surface area contributed by atoms with Gasteiger partial charge in [0, 0.05) is 19.4 Å². The van der Waals surface area contributed by atoms with E-state index < -0.39 is 11.9 Å². The van der Waals surface area contributed by atoms with Crippen LogP contribution in [0.4, 0.5) is 14.6 Å². The minimum absolute atomic E-state index is 0.0639. The Morgan fingerprint density at radius 2 is 2.18 bits per heavy atom. The van der Waals surface area contributed by atoms with Gasteiger partial charge < -0.3 is 10.4 Å². The average Bonchev–Trinajstić information content (AvgIpc) is 2.24. The molecule has 17 heavy (non-hydrogen) atoms. The van der Waals surface area contributed by atoms with Gasteiger partial charge in [-0.1, -0.05) is 0 Å². The molecule has 0 spiro atoms. The summed E-state index contributed by atoms with van der Waals surface area (Å²) >= 11 is 0. The van der Waals surface area contributed by atoms with Crippen molar-refractivity contribution in [1.29, 1.82) is 0 Å². The Bertz CT molecular complexity index is 414. The van der Waals surface area contributed by atoms with Crippen LogP contribution in [0.2, 0.25) is 0 Å². The van der Waals surface area contributed by atoms with Crippen LogP contribution in [0.1, 0.15) is 23.3 Å². The van der Waals surface area contributed by atoms with Gasteiger partial charge >= 0.3 is 5.97 Å². The zero-order chi connectivity index (χ0) is 12.5. The van der Waals surface area contributed by atoms with Crippen LogP contribution in [0.3, 0.4) is 0 Å². The number of rotatable bonds is 4. The van der Waals surface area contributed by atoms with E-state index in [1.54, 1.807) is 0 Å². The van der Waals surface area contributed by atoms with E-state index in [1.807, 2.05) is 0 Å². The molecule has 0 radical (unpaired) electrons. The second-order valence-electron chi connectivity index (χ2n) is 4.10. The molecule has 1 aromatic rings. The number of carboxylic acids is 1. The molecule has 1 aromatic heterocycles. The van der Waals surface area contributed by atoms with E-state index in [9.17, 15) is 13.6 Å². The van der Waals surface area contributed by atoms with Crippen LogP contribution in [0.25, 0.3) is 0 Å². The summed E-state index contributed by atoms with van der Waals surface area (Å²) in [7, 11) is 0. The third kappa shape index (κ3) is 2.86. The van der Waals surface area contributed by atoms with Crippen molar-refractivity contribution in [2.45, 2.75) is 18.8 Å². The predicted molar refractivity (Wildman–Crippen MR) is 55.2 cm³/mol. The number of hydrogen-bond donors (Lipinski definition) is 2. The van der Waals surface area contributed by atoms with Gasteiger partial charge in [-0.25, -0.2) is 23.5 Å². The van der Waals surface area contributed by atoms with E-state index >= 15 is 0 Å². The summed E-state index contributed by atoms with van der Waals surface area (Å²) in [6.07, 6.45) is 2.18. The van der Waals surface area contributed by atoms with Gasteiger partial charge in [-0.2, -0.15) is 0 Å². The van der Waals surface area contributed by atoms with Gasteiger partial charge in [0.25, 0.3) is 0 Å². The molecular weight excluding hydrogens is 232 g/mol. The topological polar surface area (TPSA) is 75.1 Å². The fraction of sp³-hybridized carbons (Fsp3) is 0.500. The number of aromatic nitrogens is 2. The standard InChI is InChI=1S/C10H11F2N3O2/c11-10(12)1-6(2-10)3-14-8-5-13-7(4-15-8)9(16)17/h4-6H,1-3H2,(H,14,15)(H,16,17). The summed E-state index contributed by atoms with van der Waals surface area (Å²) in [5, 5.41) is 11.4. The van der Waals surface area contributed by atoms with Gasteiger partial charge in [0.15, 0.2) is 5.69 Å². The summed E-state index contributed by atoms with van der Waals surface area (Å²) in [5.74, 6) is -3.34. The number of aromatic carboxylic acids is 1. The Labute approximate surface area is 95.9 Å². The molecule has 1 heterocycles. The van der Waals surface area contributed by atoms with Crippen LogP contribution in [0, 0.1) is 5.92 Å². The fourth-order valence-corrected chi connectivity index (χ4v) is 1.71.